The number of rotatable bonds is 4. The second kappa shape index (κ2) is 7.25. The molecule has 0 saturated heterocycles. The van der Waals surface area contributed by atoms with Crippen molar-refractivity contribution in [2.24, 2.45) is 0 Å². The van der Waals surface area contributed by atoms with Gasteiger partial charge in [0.25, 0.3) is 5.91 Å². The molecule has 0 radical (unpaired) electrons. The van der Waals surface area contributed by atoms with Crippen LogP contribution in [0.2, 0.25) is 0 Å². The molecule has 2 N–H and O–H groups in total. The molecule has 0 bridgehead atoms. The van der Waals surface area contributed by atoms with Gasteiger partial charge in [-0.3, -0.25) is 9.78 Å². The molecule has 0 fully saturated rings. The standard InChI is InChI=1S/C22H18N4O/c1-15-7-9-17(10-8-15)22(27)25-18-11-12-20(24-14-18)26-19-6-2-4-16-5-3-13-23-21(16)19/h2-14H,1H3,(H,24,26)(H,25,27). The highest BCUT2D eigenvalue weighted by molar-refractivity contribution is 6.04. The highest BCUT2D eigenvalue weighted by Gasteiger charge is 2.07. The molecule has 132 valence electrons. The molecule has 0 aliphatic heterocycles. The average molecular weight is 354 g/mol. The van der Waals surface area contributed by atoms with E-state index in [2.05, 4.69) is 20.6 Å². The van der Waals surface area contributed by atoms with Crippen LogP contribution in [0.15, 0.2) is 79.1 Å². The summed E-state index contributed by atoms with van der Waals surface area (Å²) in [6, 6.07) is 21.0. The molecule has 0 aliphatic rings. The Balaban J connectivity index is 1.49. The number of hydrogen-bond acceptors (Lipinski definition) is 4. The van der Waals surface area contributed by atoms with Crippen LogP contribution in [0, 0.1) is 6.92 Å². The lowest BCUT2D eigenvalue weighted by atomic mass is 10.1. The first kappa shape index (κ1) is 16.7. The van der Waals surface area contributed by atoms with Gasteiger partial charge in [0.15, 0.2) is 0 Å². The minimum absolute atomic E-state index is 0.157. The predicted molar refractivity (Wildman–Crippen MR) is 108 cm³/mol. The summed E-state index contributed by atoms with van der Waals surface area (Å²) in [5.74, 6) is 0.525. The molecule has 27 heavy (non-hydrogen) atoms. The molecule has 0 aliphatic carbocycles. The van der Waals surface area contributed by atoms with Gasteiger partial charge in [0.05, 0.1) is 23.1 Å². The van der Waals surface area contributed by atoms with Crippen molar-refractivity contribution in [3.63, 3.8) is 0 Å². The maximum atomic E-state index is 12.3. The Morgan fingerprint density at radius 1 is 0.889 bits per heavy atom. The predicted octanol–water partition coefficient (Wildman–Crippen LogP) is 4.93. The number of anilines is 3. The number of nitrogens with one attached hydrogen (secondary N) is 2. The van der Waals surface area contributed by atoms with E-state index in [0.717, 1.165) is 22.2 Å². The number of aryl methyl sites for hydroxylation is 1. The normalized spacial score (nSPS) is 10.6. The number of carbonyl (C=O) groups excluding carboxylic acids is 1. The van der Waals surface area contributed by atoms with Crippen LogP contribution in [0.3, 0.4) is 0 Å². The van der Waals surface area contributed by atoms with Gasteiger partial charge in [-0.2, -0.15) is 0 Å². The smallest absolute Gasteiger partial charge is 0.255 e. The summed E-state index contributed by atoms with van der Waals surface area (Å²) in [6.45, 7) is 1.99. The van der Waals surface area contributed by atoms with E-state index in [1.807, 2.05) is 73.7 Å². The van der Waals surface area contributed by atoms with Gasteiger partial charge in [0.2, 0.25) is 0 Å². The summed E-state index contributed by atoms with van der Waals surface area (Å²) in [6.07, 6.45) is 3.40. The SMILES string of the molecule is Cc1ccc(C(=O)Nc2ccc(Nc3cccc4cccnc34)nc2)cc1. The summed E-state index contributed by atoms with van der Waals surface area (Å²) < 4.78 is 0. The number of amides is 1. The Morgan fingerprint density at radius 2 is 1.70 bits per heavy atom. The number of pyridine rings is 2. The maximum Gasteiger partial charge on any atom is 0.255 e. The van der Waals surface area contributed by atoms with Crippen molar-refractivity contribution >= 4 is 34.0 Å². The van der Waals surface area contributed by atoms with Gasteiger partial charge in [0, 0.05) is 17.1 Å². The molecule has 5 heteroatoms. The summed E-state index contributed by atoms with van der Waals surface area (Å²) in [4.78, 5) is 21.1. The minimum atomic E-state index is -0.157. The van der Waals surface area contributed by atoms with E-state index in [1.54, 1.807) is 12.4 Å². The largest absolute Gasteiger partial charge is 0.338 e. The van der Waals surface area contributed by atoms with Crippen LogP contribution in [0.25, 0.3) is 10.9 Å². The summed E-state index contributed by atoms with van der Waals surface area (Å²) >= 11 is 0. The molecule has 0 atom stereocenters. The van der Waals surface area contributed by atoms with Crippen molar-refractivity contribution in [3.05, 3.63) is 90.3 Å². The van der Waals surface area contributed by atoms with E-state index in [-0.39, 0.29) is 5.91 Å². The number of para-hydroxylation sites is 1. The topological polar surface area (TPSA) is 66.9 Å². The molecule has 4 rings (SSSR count). The van der Waals surface area contributed by atoms with E-state index in [1.165, 1.54) is 0 Å². The van der Waals surface area contributed by atoms with Crippen LogP contribution in [-0.2, 0) is 0 Å². The van der Waals surface area contributed by atoms with Crippen LogP contribution in [0.1, 0.15) is 15.9 Å². The Hall–Kier alpha value is -3.73. The average Bonchev–Trinajstić information content (AvgIpc) is 2.70. The molecule has 0 saturated carbocycles. The molecule has 2 heterocycles. The van der Waals surface area contributed by atoms with Crippen molar-refractivity contribution in [1.29, 1.82) is 0 Å². The first-order valence-corrected chi connectivity index (χ1v) is 8.64. The van der Waals surface area contributed by atoms with Gasteiger partial charge in [-0.05, 0) is 43.3 Å². The van der Waals surface area contributed by atoms with Gasteiger partial charge < -0.3 is 10.6 Å². The molecule has 4 aromatic rings. The monoisotopic (exact) mass is 354 g/mol. The highest BCUT2D eigenvalue weighted by Crippen LogP contribution is 2.24. The van der Waals surface area contributed by atoms with E-state index in [0.29, 0.717) is 17.1 Å². The van der Waals surface area contributed by atoms with E-state index in [9.17, 15) is 4.79 Å². The van der Waals surface area contributed by atoms with Gasteiger partial charge in [-0.25, -0.2) is 4.98 Å². The van der Waals surface area contributed by atoms with Gasteiger partial charge >= 0.3 is 0 Å². The lowest BCUT2D eigenvalue weighted by Gasteiger charge is -2.10. The van der Waals surface area contributed by atoms with Gasteiger partial charge in [-0.1, -0.05) is 35.9 Å². The summed E-state index contributed by atoms with van der Waals surface area (Å²) in [5, 5.41) is 7.20. The third-order valence-electron chi connectivity index (χ3n) is 4.23. The molecular weight excluding hydrogens is 336 g/mol. The minimum Gasteiger partial charge on any atom is -0.338 e. The second-order valence-electron chi connectivity index (χ2n) is 6.26. The Labute approximate surface area is 157 Å². The van der Waals surface area contributed by atoms with Crippen LogP contribution >= 0.6 is 0 Å². The summed E-state index contributed by atoms with van der Waals surface area (Å²) in [5.41, 5.74) is 4.15. The zero-order valence-electron chi connectivity index (χ0n) is 14.8. The maximum absolute atomic E-state index is 12.3. The number of carbonyl (C=O) groups is 1. The van der Waals surface area contributed by atoms with Crippen molar-refractivity contribution in [3.8, 4) is 0 Å². The zero-order valence-corrected chi connectivity index (χ0v) is 14.8. The van der Waals surface area contributed by atoms with Crippen LogP contribution in [0.4, 0.5) is 17.2 Å². The van der Waals surface area contributed by atoms with Crippen LogP contribution in [0.5, 0.6) is 0 Å². The van der Waals surface area contributed by atoms with Crippen molar-refractivity contribution in [1.82, 2.24) is 9.97 Å². The molecule has 2 aromatic heterocycles. The van der Waals surface area contributed by atoms with Gasteiger partial charge in [0.1, 0.15) is 5.82 Å². The Morgan fingerprint density at radius 3 is 2.48 bits per heavy atom. The fourth-order valence-electron chi connectivity index (χ4n) is 2.79. The summed E-state index contributed by atoms with van der Waals surface area (Å²) in [7, 11) is 0. The molecule has 5 nitrogen and oxygen atoms in total. The van der Waals surface area contributed by atoms with Crippen LogP contribution < -0.4 is 10.6 Å². The molecular formula is C22H18N4O. The van der Waals surface area contributed by atoms with Crippen molar-refractivity contribution in [2.75, 3.05) is 10.6 Å². The third-order valence-corrected chi connectivity index (χ3v) is 4.23. The third kappa shape index (κ3) is 3.77. The molecule has 0 unspecified atom stereocenters. The number of benzene rings is 2. The molecule has 2 aromatic carbocycles. The van der Waals surface area contributed by atoms with Crippen molar-refractivity contribution < 1.29 is 4.79 Å². The lowest BCUT2D eigenvalue weighted by Crippen LogP contribution is -2.12. The van der Waals surface area contributed by atoms with Crippen molar-refractivity contribution in [2.45, 2.75) is 6.92 Å². The fraction of sp³-hybridized carbons (Fsp3) is 0.0455. The van der Waals surface area contributed by atoms with E-state index in [4.69, 9.17) is 0 Å². The highest BCUT2D eigenvalue weighted by atomic mass is 16.1. The van der Waals surface area contributed by atoms with E-state index < -0.39 is 0 Å². The fourth-order valence-corrected chi connectivity index (χ4v) is 2.79. The quantitative estimate of drug-likeness (QED) is 0.545. The number of aromatic nitrogens is 2. The zero-order chi connectivity index (χ0) is 18.6. The number of fused-ring (bicyclic) bond motifs is 1. The van der Waals surface area contributed by atoms with Gasteiger partial charge in [-0.15, -0.1) is 0 Å². The number of hydrogen-bond donors (Lipinski definition) is 2. The Kier molecular flexibility index (Phi) is 4.49. The first-order valence-electron chi connectivity index (χ1n) is 8.64. The first-order chi connectivity index (χ1) is 13.2. The number of nitrogens with zero attached hydrogens (tertiary/aromatic N) is 2. The van der Waals surface area contributed by atoms with E-state index >= 15 is 0 Å². The Bertz CT molecular complexity index is 1080. The lowest BCUT2D eigenvalue weighted by molar-refractivity contribution is 0.102. The molecule has 0 spiro atoms. The van der Waals surface area contributed by atoms with Crippen LogP contribution in [-0.4, -0.2) is 15.9 Å². The second-order valence-corrected chi connectivity index (χ2v) is 6.26. The molecule has 1 amide bonds.